The molecule has 0 amide bonds. The predicted molar refractivity (Wildman–Crippen MR) is 58.6 cm³/mol. The van der Waals surface area contributed by atoms with Crippen molar-refractivity contribution in [3.8, 4) is 0 Å². The molecule has 0 aromatic carbocycles. The van der Waals surface area contributed by atoms with Crippen molar-refractivity contribution in [1.82, 2.24) is 0 Å². The fourth-order valence-corrected chi connectivity index (χ4v) is 0.979. The number of methoxy groups -OCH3 is 2. The third-order valence-corrected chi connectivity index (χ3v) is 2.51. The molecule has 0 aromatic rings. The molecule has 0 radical (unpaired) electrons. The van der Waals surface area contributed by atoms with Crippen LogP contribution in [0.15, 0.2) is 12.7 Å². The summed E-state index contributed by atoms with van der Waals surface area (Å²) in [6.45, 7) is 7.77. The van der Waals surface area contributed by atoms with Crippen LogP contribution >= 0.6 is 0 Å². The lowest BCUT2D eigenvalue weighted by atomic mass is 9.92. The average molecular weight is 218 g/mol. The predicted octanol–water partition coefficient (Wildman–Crippen LogP) is 1.19. The van der Waals surface area contributed by atoms with E-state index in [-0.39, 0.29) is 18.8 Å². The zero-order valence-electron chi connectivity index (χ0n) is 10.0. The summed E-state index contributed by atoms with van der Waals surface area (Å²) in [5.41, 5.74) is -0.909. The molecular weight excluding hydrogens is 196 g/mol. The van der Waals surface area contributed by atoms with E-state index in [4.69, 9.17) is 14.2 Å². The van der Waals surface area contributed by atoms with Gasteiger partial charge in [-0.25, -0.2) is 0 Å². The highest BCUT2D eigenvalue weighted by Crippen LogP contribution is 2.18. The normalized spacial score (nSPS) is 17.5. The first-order valence-electron chi connectivity index (χ1n) is 4.96. The minimum absolute atomic E-state index is 0.0268. The lowest BCUT2D eigenvalue weighted by Gasteiger charge is -2.28. The Balaban J connectivity index is 3.88. The van der Waals surface area contributed by atoms with Gasteiger partial charge in [0.05, 0.1) is 18.8 Å². The average Bonchev–Trinajstić information content (AvgIpc) is 2.23. The van der Waals surface area contributed by atoms with E-state index >= 15 is 0 Å². The summed E-state index contributed by atoms with van der Waals surface area (Å²) in [5.74, 6) is -0.0268. The van der Waals surface area contributed by atoms with Crippen molar-refractivity contribution < 1.29 is 19.3 Å². The summed E-state index contributed by atoms with van der Waals surface area (Å²) in [4.78, 5) is 0. The largest absolute Gasteiger partial charge is 0.387 e. The summed E-state index contributed by atoms with van der Waals surface area (Å²) in [5, 5.41) is 9.96. The van der Waals surface area contributed by atoms with Gasteiger partial charge in [-0.3, -0.25) is 0 Å². The Labute approximate surface area is 91.8 Å². The smallest absolute Gasteiger partial charge is 0.180 e. The van der Waals surface area contributed by atoms with E-state index in [0.717, 1.165) is 0 Å². The van der Waals surface area contributed by atoms with Crippen LogP contribution in [0.3, 0.4) is 0 Å². The summed E-state index contributed by atoms with van der Waals surface area (Å²) in [7, 11) is 3.09. The van der Waals surface area contributed by atoms with Gasteiger partial charge in [-0.15, -0.1) is 6.58 Å². The fourth-order valence-electron chi connectivity index (χ4n) is 0.979. The zero-order chi connectivity index (χ0) is 11.9. The Kier molecular flexibility index (Phi) is 6.76. The topological polar surface area (TPSA) is 47.9 Å². The molecule has 0 bridgehead atoms. The van der Waals surface area contributed by atoms with Crippen LogP contribution in [0, 0.1) is 5.92 Å². The van der Waals surface area contributed by atoms with E-state index in [9.17, 15) is 5.11 Å². The van der Waals surface area contributed by atoms with E-state index in [0.29, 0.717) is 6.61 Å². The monoisotopic (exact) mass is 218 g/mol. The van der Waals surface area contributed by atoms with Crippen LogP contribution in [0.25, 0.3) is 0 Å². The van der Waals surface area contributed by atoms with Gasteiger partial charge < -0.3 is 19.3 Å². The Morgan fingerprint density at radius 1 is 1.40 bits per heavy atom. The third-order valence-electron chi connectivity index (χ3n) is 2.51. The molecule has 1 N–H and O–H groups in total. The Morgan fingerprint density at radius 3 is 2.33 bits per heavy atom. The second-order valence-electron chi connectivity index (χ2n) is 3.80. The van der Waals surface area contributed by atoms with Crippen LogP contribution in [0.1, 0.15) is 13.8 Å². The molecule has 2 unspecified atom stereocenters. The van der Waals surface area contributed by atoms with Crippen molar-refractivity contribution in [1.29, 1.82) is 0 Å². The van der Waals surface area contributed by atoms with E-state index < -0.39 is 5.60 Å². The van der Waals surface area contributed by atoms with Crippen LogP contribution in [0.5, 0.6) is 0 Å². The number of ether oxygens (including phenoxy) is 3. The van der Waals surface area contributed by atoms with Crippen LogP contribution in [-0.2, 0) is 14.2 Å². The molecule has 4 heteroatoms. The summed E-state index contributed by atoms with van der Waals surface area (Å²) >= 11 is 0. The highest BCUT2D eigenvalue weighted by Gasteiger charge is 2.26. The highest BCUT2D eigenvalue weighted by molar-refractivity contribution is 4.90. The minimum atomic E-state index is -0.909. The first kappa shape index (κ1) is 14.6. The standard InChI is InChI=1S/C11H22O4/c1-6-9(2)11(3,12)8-15-7-10(13-4)14-5/h6,9-10,12H,1,7-8H2,2-5H3. The van der Waals surface area contributed by atoms with Gasteiger partial charge in [-0.1, -0.05) is 13.0 Å². The Hall–Kier alpha value is -0.420. The molecule has 2 atom stereocenters. The lowest BCUT2D eigenvalue weighted by Crippen LogP contribution is -2.38. The number of aliphatic hydroxyl groups is 1. The Bertz CT molecular complexity index is 175. The van der Waals surface area contributed by atoms with Crippen LogP contribution < -0.4 is 0 Å². The number of hydrogen-bond donors (Lipinski definition) is 1. The molecule has 0 rings (SSSR count). The molecule has 0 aliphatic carbocycles. The highest BCUT2D eigenvalue weighted by atomic mass is 16.7. The second-order valence-corrected chi connectivity index (χ2v) is 3.80. The van der Waals surface area contributed by atoms with Gasteiger partial charge >= 0.3 is 0 Å². The van der Waals surface area contributed by atoms with Crippen molar-refractivity contribution in [2.75, 3.05) is 27.4 Å². The lowest BCUT2D eigenvalue weighted by molar-refractivity contribution is -0.156. The third kappa shape index (κ3) is 5.28. The molecule has 4 nitrogen and oxygen atoms in total. The number of hydrogen-bond acceptors (Lipinski definition) is 4. The van der Waals surface area contributed by atoms with Crippen molar-refractivity contribution in [3.63, 3.8) is 0 Å². The van der Waals surface area contributed by atoms with Gasteiger partial charge in [0.25, 0.3) is 0 Å². The van der Waals surface area contributed by atoms with Crippen molar-refractivity contribution in [2.24, 2.45) is 5.92 Å². The molecule has 0 aromatic heterocycles. The fraction of sp³-hybridized carbons (Fsp3) is 0.818. The maximum atomic E-state index is 9.96. The van der Waals surface area contributed by atoms with Crippen LogP contribution in [0.2, 0.25) is 0 Å². The molecule has 0 aliphatic rings. The summed E-state index contributed by atoms with van der Waals surface area (Å²) in [6, 6.07) is 0. The molecule has 0 saturated carbocycles. The van der Waals surface area contributed by atoms with E-state index in [1.807, 2.05) is 6.92 Å². The molecule has 90 valence electrons. The van der Waals surface area contributed by atoms with Gasteiger partial charge in [0.1, 0.15) is 0 Å². The summed E-state index contributed by atoms with van der Waals surface area (Å²) in [6.07, 6.45) is 1.31. The van der Waals surface area contributed by atoms with Crippen molar-refractivity contribution >= 4 is 0 Å². The SMILES string of the molecule is C=CC(C)C(C)(O)COCC(OC)OC. The van der Waals surface area contributed by atoms with E-state index in [1.165, 1.54) is 0 Å². The molecule has 15 heavy (non-hydrogen) atoms. The minimum Gasteiger partial charge on any atom is -0.387 e. The van der Waals surface area contributed by atoms with Crippen LogP contribution in [0.4, 0.5) is 0 Å². The van der Waals surface area contributed by atoms with Crippen LogP contribution in [-0.4, -0.2) is 44.4 Å². The zero-order valence-corrected chi connectivity index (χ0v) is 10.0. The van der Waals surface area contributed by atoms with Gasteiger partial charge in [-0.2, -0.15) is 0 Å². The first-order chi connectivity index (χ1) is 6.97. The molecule has 0 spiro atoms. The summed E-state index contributed by atoms with van der Waals surface area (Å²) < 4.78 is 15.2. The van der Waals surface area contributed by atoms with Gasteiger partial charge in [0, 0.05) is 20.1 Å². The maximum absolute atomic E-state index is 9.96. The van der Waals surface area contributed by atoms with Gasteiger partial charge in [0.2, 0.25) is 0 Å². The number of rotatable bonds is 8. The van der Waals surface area contributed by atoms with Crippen molar-refractivity contribution in [3.05, 3.63) is 12.7 Å². The second kappa shape index (κ2) is 6.95. The quantitative estimate of drug-likeness (QED) is 0.491. The molecule has 0 fully saturated rings. The first-order valence-corrected chi connectivity index (χ1v) is 4.96. The Morgan fingerprint density at radius 2 is 1.93 bits per heavy atom. The van der Waals surface area contributed by atoms with Gasteiger partial charge in [0.15, 0.2) is 6.29 Å². The molecule has 0 aliphatic heterocycles. The molecule has 0 heterocycles. The van der Waals surface area contributed by atoms with E-state index in [1.54, 1.807) is 27.2 Å². The van der Waals surface area contributed by atoms with Gasteiger partial charge in [-0.05, 0) is 6.92 Å². The van der Waals surface area contributed by atoms with Crippen molar-refractivity contribution in [2.45, 2.75) is 25.7 Å². The molecular formula is C11H22O4. The van der Waals surface area contributed by atoms with E-state index in [2.05, 4.69) is 6.58 Å². The maximum Gasteiger partial charge on any atom is 0.180 e. The molecule has 0 saturated heterocycles.